The number of ether oxygens (including phenoxy) is 1. The Kier molecular flexibility index (Phi) is 7.41. The number of thioether (sulfide) groups is 1. The van der Waals surface area contributed by atoms with Crippen molar-refractivity contribution < 1.29 is 19.1 Å². The highest BCUT2D eigenvalue weighted by atomic mass is 32.2. The van der Waals surface area contributed by atoms with Gasteiger partial charge in [-0.25, -0.2) is 0 Å². The summed E-state index contributed by atoms with van der Waals surface area (Å²) in [6.45, 7) is 1.57. The maximum atomic E-state index is 12.0. The summed E-state index contributed by atoms with van der Waals surface area (Å²) in [4.78, 5) is 36.6. The molecule has 6 heteroatoms. The molecule has 0 radical (unpaired) electrons. The summed E-state index contributed by atoms with van der Waals surface area (Å²) in [5.41, 5.74) is 2.27. The van der Waals surface area contributed by atoms with Gasteiger partial charge in [0.25, 0.3) is 5.91 Å². The predicted octanol–water partition coefficient (Wildman–Crippen LogP) is 3.86. The van der Waals surface area contributed by atoms with E-state index in [0.717, 1.165) is 10.5 Å². The number of amides is 1. The Morgan fingerprint density at radius 1 is 0.962 bits per heavy atom. The van der Waals surface area contributed by atoms with Gasteiger partial charge in [0.1, 0.15) is 0 Å². The fourth-order valence-electron chi connectivity index (χ4n) is 2.19. The zero-order chi connectivity index (χ0) is 18.9. The second-order valence-electron chi connectivity index (χ2n) is 5.73. The molecule has 2 rings (SSSR count). The molecule has 0 spiro atoms. The number of ketones is 1. The van der Waals surface area contributed by atoms with Gasteiger partial charge in [-0.05, 0) is 37.4 Å². The average molecular weight is 371 g/mol. The molecule has 26 heavy (non-hydrogen) atoms. The van der Waals surface area contributed by atoms with E-state index in [0.29, 0.717) is 11.3 Å². The van der Waals surface area contributed by atoms with Gasteiger partial charge in [0.15, 0.2) is 12.4 Å². The van der Waals surface area contributed by atoms with Gasteiger partial charge in [-0.1, -0.05) is 29.8 Å². The lowest BCUT2D eigenvalue weighted by atomic mass is 10.1. The number of benzene rings is 2. The van der Waals surface area contributed by atoms with Crippen LogP contribution in [0, 0.1) is 6.92 Å². The van der Waals surface area contributed by atoms with Gasteiger partial charge in [0.2, 0.25) is 0 Å². The van der Waals surface area contributed by atoms with Crippen molar-refractivity contribution in [2.24, 2.45) is 0 Å². The van der Waals surface area contributed by atoms with Crippen LogP contribution in [0.25, 0.3) is 0 Å². The van der Waals surface area contributed by atoms with E-state index in [4.69, 9.17) is 4.74 Å². The van der Waals surface area contributed by atoms with E-state index < -0.39 is 11.9 Å². The maximum absolute atomic E-state index is 12.0. The van der Waals surface area contributed by atoms with Crippen molar-refractivity contribution in [2.45, 2.75) is 24.7 Å². The Morgan fingerprint density at radius 3 is 2.23 bits per heavy atom. The fourth-order valence-corrected chi connectivity index (χ4v) is 2.60. The molecule has 0 bridgehead atoms. The normalized spacial score (nSPS) is 10.2. The van der Waals surface area contributed by atoms with Crippen LogP contribution in [0.3, 0.4) is 0 Å². The molecule has 136 valence electrons. The van der Waals surface area contributed by atoms with Crippen LogP contribution < -0.4 is 5.32 Å². The molecule has 0 aliphatic heterocycles. The highest BCUT2D eigenvalue weighted by Crippen LogP contribution is 2.17. The van der Waals surface area contributed by atoms with Crippen LogP contribution in [0.5, 0.6) is 0 Å². The van der Waals surface area contributed by atoms with E-state index in [1.54, 1.807) is 36.0 Å². The number of nitrogens with one attached hydrogen (secondary N) is 1. The van der Waals surface area contributed by atoms with Crippen molar-refractivity contribution in [2.75, 3.05) is 18.2 Å². The number of aryl methyl sites for hydroxylation is 1. The molecule has 0 unspecified atom stereocenters. The minimum atomic E-state index is -0.571. The van der Waals surface area contributed by atoms with Crippen LogP contribution in [-0.2, 0) is 14.3 Å². The fraction of sp³-hybridized carbons (Fsp3) is 0.250. The molecule has 0 aromatic heterocycles. The molecular formula is C20H21NO4S. The summed E-state index contributed by atoms with van der Waals surface area (Å²) in [5.74, 6) is -1.11. The SMILES string of the molecule is CSc1ccc(NC(=O)COC(=O)CCC(=O)c2ccc(C)cc2)cc1. The molecule has 0 atom stereocenters. The van der Waals surface area contributed by atoms with Crippen molar-refractivity contribution in [3.63, 3.8) is 0 Å². The summed E-state index contributed by atoms with van der Waals surface area (Å²) >= 11 is 1.61. The first-order chi connectivity index (χ1) is 12.5. The zero-order valence-electron chi connectivity index (χ0n) is 14.8. The zero-order valence-corrected chi connectivity index (χ0v) is 15.6. The molecule has 0 fully saturated rings. The third kappa shape index (κ3) is 6.37. The highest BCUT2D eigenvalue weighted by Gasteiger charge is 2.12. The van der Waals surface area contributed by atoms with Gasteiger partial charge in [-0.15, -0.1) is 11.8 Å². The lowest BCUT2D eigenvalue weighted by Crippen LogP contribution is -2.21. The van der Waals surface area contributed by atoms with Gasteiger partial charge in [-0.2, -0.15) is 0 Å². The highest BCUT2D eigenvalue weighted by molar-refractivity contribution is 7.98. The minimum absolute atomic E-state index is 0.0532. The molecule has 0 saturated heterocycles. The Labute approximate surface area is 157 Å². The van der Waals surface area contributed by atoms with Gasteiger partial charge in [0, 0.05) is 22.6 Å². The quantitative estimate of drug-likeness (QED) is 0.433. The van der Waals surface area contributed by atoms with Gasteiger partial charge >= 0.3 is 5.97 Å². The first-order valence-corrected chi connectivity index (χ1v) is 9.40. The molecule has 2 aromatic carbocycles. The van der Waals surface area contributed by atoms with E-state index in [1.165, 1.54) is 0 Å². The number of carbonyl (C=O) groups is 3. The second-order valence-corrected chi connectivity index (χ2v) is 6.61. The van der Waals surface area contributed by atoms with E-state index >= 15 is 0 Å². The molecule has 1 amide bonds. The Morgan fingerprint density at radius 2 is 1.62 bits per heavy atom. The molecule has 1 N–H and O–H groups in total. The smallest absolute Gasteiger partial charge is 0.306 e. The molecule has 2 aromatic rings. The second kappa shape index (κ2) is 9.77. The number of hydrogen-bond acceptors (Lipinski definition) is 5. The standard InChI is InChI=1S/C20H21NO4S/c1-14-3-5-15(6-4-14)18(22)11-12-20(24)25-13-19(23)21-16-7-9-17(26-2)10-8-16/h3-10H,11-13H2,1-2H3,(H,21,23). The van der Waals surface area contributed by atoms with Crippen LogP contribution in [0.4, 0.5) is 5.69 Å². The lowest BCUT2D eigenvalue weighted by Gasteiger charge is -2.07. The van der Waals surface area contributed by atoms with Crippen molar-refractivity contribution in [3.05, 3.63) is 59.7 Å². The molecule has 0 heterocycles. The summed E-state index contributed by atoms with van der Waals surface area (Å²) in [6, 6.07) is 14.5. The van der Waals surface area contributed by atoms with Crippen LogP contribution in [0.15, 0.2) is 53.4 Å². The van der Waals surface area contributed by atoms with Crippen molar-refractivity contribution in [1.82, 2.24) is 0 Å². The minimum Gasteiger partial charge on any atom is -0.456 e. The monoisotopic (exact) mass is 371 g/mol. The lowest BCUT2D eigenvalue weighted by molar-refractivity contribution is -0.147. The molecular weight excluding hydrogens is 350 g/mol. The predicted molar refractivity (Wildman–Crippen MR) is 103 cm³/mol. The third-order valence-electron chi connectivity index (χ3n) is 3.67. The summed E-state index contributed by atoms with van der Waals surface area (Å²) in [5, 5.41) is 2.65. The van der Waals surface area contributed by atoms with Crippen LogP contribution >= 0.6 is 11.8 Å². The number of Topliss-reactive ketones (excluding diaryl/α,β-unsaturated/α-hetero) is 1. The van der Waals surface area contributed by atoms with Crippen molar-refractivity contribution >= 4 is 35.1 Å². The number of rotatable bonds is 8. The van der Waals surface area contributed by atoms with E-state index in [2.05, 4.69) is 5.32 Å². The van der Waals surface area contributed by atoms with Gasteiger partial charge < -0.3 is 10.1 Å². The Hall–Kier alpha value is -2.60. The number of anilines is 1. The van der Waals surface area contributed by atoms with Crippen LogP contribution in [0.2, 0.25) is 0 Å². The van der Waals surface area contributed by atoms with Crippen molar-refractivity contribution in [1.29, 1.82) is 0 Å². The van der Waals surface area contributed by atoms with Crippen LogP contribution in [-0.4, -0.2) is 30.5 Å². The van der Waals surface area contributed by atoms with Crippen molar-refractivity contribution in [3.8, 4) is 0 Å². The van der Waals surface area contributed by atoms with E-state index in [-0.39, 0.29) is 25.2 Å². The Balaban J connectivity index is 1.71. The van der Waals surface area contributed by atoms with E-state index in [1.807, 2.05) is 37.4 Å². The van der Waals surface area contributed by atoms with Crippen LogP contribution in [0.1, 0.15) is 28.8 Å². The topological polar surface area (TPSA) is 72.5 Å². The third-order valence-corrected chi connectivity index (χ3v) is 4.41. The number of esters is 1. The average Bonchev–Trinajstić information content (AvgIpc) is 2.65. The maximum Gasteiger partial charge on any atom is 0.306 e. The molecule has 0 saturated carbocycles. The number of hydrogen-bond donors (Lipinski definition) is 1. The summed E-state index contributed by atoms with van der Waals surface area (Å²) in [7, 11) is 0. The number of carbonyl (C=O) groups excluding carboxylic acids is 3. The molecule has 0 aliphatic rings. The Bertz CT molecular complexity index is 769. The molecule has 0 aliphatic carbocycles. The van der Waals surface area contributed by atoms with Gasteiger partial charge in [-0.3, -0.25) is 14.4 Å². The largest absolute Gasteiger partial charge is 0.456 e. The summed E-state index contributed by atoms with van der Waals surface area (Å²) in [6.07, 6.45) is 1.97. The van der Waals surface area contributed by atoms with E-state index in [9.17, 15) is 14.4 Å². The summed E-state index contributed by atoms with van der Waals surface area (Å²) < 4.78 is 4.92. The first-order valence-electron chi connectivity index (χ1n) is 8.17. The molecule has 5 nitrogen and oxygen atoms in total. The van der Waals surface area contributed by atoms with Gasteiger partial charge in [0.05, 0.1) is 6.42 Å². The first kappa shape index (κ1) is 19.7.